The lowest BCUT2D eigenvalue weighted by atomic mass is 10.3. The van der Waals surface area contributed by atoms with Gasteiger partial charge in [-0.3, -0.25) is 9.78 Å². The summed E-state index contributed by atoms with van der Waals surface area (Å²) in [5.41, 5.74) is 6.99. The van der Waals surface area contributed by atoms with Gasteiger partial charge in [-0.25, -0.2) is 0 Å². The van der Waals surface area contributed by atoms with E-state index in [1.807, 2.05) is 18.2 Å². The molecule has 0 saturated carbocycles. The first-order valence-corrected chi connectivity index (χ1v) is 5.66. The van der Waals surface area contributed by atoms with Gasteiger partial charge >= 0.3 is 0 Å². The first-order valence-electron chi connectivity index (χ1n) is 4.78. The largest absolute Gasteiger partial charge is 0.397 e. The number of thiophene rings is 1. The molecule has 0 atom stereocenters. The Morgan fingerprint density at radius 3 is 2.94 bits per heavy atom. The third-order valence-electron chi connectivity index (χ3n) is 2.06. The van der Waals surface area contributed by atoms with Crippen molar-refractivity contribution < 1.29 is 4.79 Å². The van der Waals surface area contributed by atoms with Crippen molar-refractivity contribution in [3.63, 3.8) is 0 Å². The Morgan fingerprint density at radius 1 is 1.44 bits per heavy atom. The van der Waals surface area contributed by atoms with Gasteiger partial charge in [0.1, 0.15) is 4.88 Å². The Hall–Kier alpha value is -1.88. The number of nitrogens with two attached hydrogens (primary N) is 1. The van der Waals surface area contributed by atoms with Gasteiger partial charge in [0.05, 0.1) is 17.9 Å². The smallest absolute Gasteiger partial charge is 0.263 e. The summed E-state index contributed by atoms with van der Waals surface area (Å²) in [6.07, 6.45) is 1.70. The third-order valence-corrected chi connectivity index (χ3v) is 2.99. The highest BCUT2D eigenvalue weighted by Crippen LogP contribution is 2.18. The minimum Gasteiger partial charge on any atom is -0.397 e. The number of nitrogen functional groups attached to an aromatic ring is 1. The number of amides is 1. The van der Waals surface area contributed by atoms with Crippen LogP contribution in [0.4, 0.5) is 5.69 Å². The number of rotatable bonds is 3. The number of aromatic nitrogens is 1. The molecule has 0 spiro atoms. The van der Waals surface area contributed by atoms with Crippen molar-refractivity contribution in [1.29, 1.82) is 0 Å². The molecule has 5 heteroatoms. The molecule has 4 nitrogen and oxygen atoms in total. The van der Waals surface area contributed by atoms with Crippen molar-refractivity contribution in [2.75, 3.05) is 5.73 Å². The molecule has 2 rings (SSSR count). The van der Waals surface area contributed by atoms with E-state index in [1.54, 1.807) is 17.6 Å². The number of carbonyl (C=O) groups excluding carboxylic acids is 1. The Balaban J connectivity index is 1.97. The zero-order chi connectivity index (χ0) is 11.4. The molecular weight excluding hydrogens is 222 g/mol. The third kappa shape index (κ3) is 2.38. The monoisotopic (exact) mass is 233 g/mol. The second-order valence-corrected chi connectivity index (χ2v) is 4.12. The van der Waals surface area contributed by atoms with Gasteiger partial charge in [0.25, 0.3) is 5.91 Å². The van der Waals surface area contributed by atoms with Gasteiger partial charge in [-0.2, -0.15) is 0 Å². The van der Waals surface area contributed by atoms with Crippen LogP contribution in [0.2, 0.25) is 0 Å². The number of pyridine rings is 1. The van der Waals surface area contributed by atoms with Gasteiger partial charge < -0.3 is 11.1 Å². The van der Waals surface area contributed by atoms with Crippen molar-refractivity contribution in [3.8, 4) is 0 Å². The van der Waals surface area contributed by atoms with Crippen LogP contribution in [-0.4, -0.2) is 10.9 Å². The molecule has 16 heavy (non-hydrogen) atoms. The van der Waals surface area contributed by atoms with E-state index in [0.717, 1.165) is 5.69 Å². The van der Waals surface area contributed by atoms with E-state index in [-0.39, 0.29) is 5.91 Å². The standard InChI is InChI=1S/C11H11N3OS/c12-9-4-6-16-10(9)11(15)14-7-8-3-1-2-5-13-8/h1-6H,7,12H2,(H,14,15). The van der Waals surface area contributed by atoms with Crippen LogP contribution in [0, 0.1) is 0 Å². The van der Waals surface area contributed by atoms with Crippen LogP contribution >= 0.6 is 11.3 Å². The Bertz CT molecular complexity index is 481. The predicted octanol–water partition coefficient (Wildman–Crippen LogP) is 1.66. The summed E-state index contributed by atoms with van der Waals surface area (Å²) in [6.45, 7) is 0.414. The highest BCUT2D eigenvalue weighted by atomic mass is 32.1. The number of nitrogens with zero attached hydrogens (tertiary/aromatic N) is 1. The fourth-order valence-electron chi connectivity index (χ4n) is 1.26. The molecule has 0 saturated heterocycles. The summed E-state index contributed by atoms with van der Waals surface area (Å²) >= 11 is 1.34. The number of hydrogen-bond donors (Lipinski definition) is 2. The number of hydrogen-bond acceptors (Lipinski definition) is 4. The molecule has 2 aromatic rings. The van der Waals surface area contributed by atoms with Crippen LogP contribution in [-0.2, 0) is 6.54 Å². The Labute approximate surface area is 97.1 Å². The first-order chi connectivity index (χ1) is 7.77. The summed E-state index contributed by atoms with van der Waals surface area (Å²) in [4.78, 5) is 16.4. The highest BCUT2D eigenvalue weighted by Gasteiger charge is 2.10. The summed E-state index contributed by atoms with van der Waals surface area (Å²) < 4.78 is 0. The predicted molar refractivity (Wildman–Crippen MR) is 64.1 cm³/mol. The molecule has 82 valence electrons. The fraction of sp³-hybridized carbons (Fsp3) is 0.0909. The van der Waals surface area contributed by atoms with Crippen LogP contribution in [0.1, 0.15) is 15.4 Å². The summed E-state index contributed by atoms with van der Waals surface area (Å²) in [6, 6.07) is 7.30. The van der Waals surface area contributed by atoms with E-state index in [2.05, 4.69) is 10.3 Å². The van der Waals surface area contributed by atoms with E-state index in [1.165, 1.54) is 11.3 Å². The van der Waals surface area contributed by atoms with Gasteiger partial charge in [-0.1, -0.05) is 6.07 Å². The van der Waals surface area contributed by atoms with Crippen molar-refractivity contribution in [1.82, 2.24) is 10.3 Å². The van der Waals surface area contributed by atoms with Gasteiger partial charge in [0.2, 0.25) is 0 Å². The molecule has 0 aromatic carbocycles. The van der Waals surface area contributed by atoms with Gasteiger partial charge in [-0.15, -0.1) is 11.3 Å². The molecule has 0 bridgehead atoms. The van der Waals surface area contributed by atoms with Crippen molar-refractivity contribution >= 4 is 22.9 Å². The fourth-order valence-corrected chi connectivity index (χ4v) is 1.99. The van der Waals surface area contributed by atoms with E-state index in [4.69, 9.17) is 5.73 Å². The minimum absolute atomic E-state index is 0.154. The van der Waals surface area contributed by atoms with Crippen molar-refractivity contribution in [3.05, 3.63) is 46.4 Å². The maximum atomic E-state index is 11.7. The molecule has 0 aliphatic carbocycles. The average molecular weight is 233 g/mol. The zero-order valence-electron chi connectivity index (χ0n) is 8.51. The second-order valence-electron chi connectivity index (χ2n) is 3.21. The topological polar surface area (TPSA) is 68.0 Å². The van der Waals surface area contributed by atoms with Crippen LogP contribution in [0.25, 0.3) is 0 Å². The number of anilines is 1. The number of carbonyl (C=O) groups is 1. The molecular formula is C11H11N3OS. The van der Waals surface area contributed by atoms with E-state index < -0.39 is 0 Å². The first kappa shape index (κ1) is 10.6. The minimum atomic E-state index is -0.154. The molecule has 1 amide bonds. The lowest BCUT2D eigenvalue weighted by Crippen LogP contribution is -2.23. The summed E-state index contributed by atoms with van der Waals surface area (Å²) in [5, 5.41) is 4.57. The Kier molecular flexibility index (Phi) is 3.16. The van der Waals surface area contributed by atoms with Crippen LogP contribution < -0.4 is 11.1 Å². The summed E-state index contributed by atoms with van der Waals surface area (Å²) in [7, 11) is 0. The summed E-state index contributed by atoms with van der Waals surface area (Å²) in [5.74, 6) is -0.154. The SMILES string of the molecule is Nc1ccsc1C(=O)NCc1ccccn1. The maximum absolute atomic E-state index is 11.7. The quantitative estimate of drug-likeness (QED) is 0.847. The molecule has 0 fully saturated rings. The van der Waals surface area contributed by atoms with Crippen LogP contribution in [0.15, 0.2) is 35.8 Å². The van der Waals surface area contributed by atoms with Crippen LogP contribution in [0.5, 0.6) is 0 Å². The van der Waals surface area contributed by atoms with Gasteiger partial charge in [0.15, 0.2) is 0 Å². The zero-order valence-corrected chi connectivity index (χ0v) is 9.33. The van der Waals surface area contributed by atoms with E-state index >= 15 is 0 Å². The van der Waals surface area contributed by atoms with Gasteiger partial charge in [-0.05, 0) is 23.6 Å². The highest BCUT2D eigenvalue weighted by molar-refractivity contribution is 7.12. The average Bonchev–Trinajstić information content (AvgIpc) is 2.74. The second kappa shape index (κ2) is 4.76. The Morgan fingerprint density at radius 2 is 2.31 bits per heavy atom. The van der Waals surface area contributed by atoms with Crippen LogP contribution in [0.3, 0.4) is 0 Å². The molecule has 0 aliphatic heterocycles. The molecule has 2 heterocycles. The molecule has 0 radical (unpaired) electrons. The normalized spacial score (nSPS) is 10.0. The van der Waals surface area contributed by atoms with Crippen molar-refractivity contribution in [2.24, 2.45) is 0 Å². The molecule has 0 aliphatic rings. The van der Waals surface area contributed by atoms with Gasteiger partial charge in [0, 0.05) is 6.20 Å². The molecule has 3 N–H and O–H groups in total. The van der Waals surface area contributed by atoms with E-state index in [9.17, 15) is 4.79 Å². The maximum Gasteiger partial charge on any atom is 0.263 e. The lowest BCUT2D eigenvalue weighted by Gasteiger charge is -2.03. The molecule has 2 aromatic heterocycles. The number of nitrogens with one attached hydrogen (secondary N) is 1. The molecule has 0 unspecified atom stereocenters. The lowest BCUT2D eigenvalue weighted by molar-refractivity contribution is 0.0955. The van der Waals surface area contributed by atoms with Crippen molar-refractivity contribution in [2.45, 2.75) is 6.54 Å². The van der Waals surface area contributed by atoms with E-state index in [0.29, 0.717) is 17.1 Å².